The molecule has 0 atom stereocenters. The van der Waals surface area contributed by atoms with Crippen molar-refractivity contribution in [3.8, 4) is 16.9 Å². The van der Waals surface area contributed by atoms with E-state index in [2.05, 4.69) is 106 Å². The van der Waals surface area contributed by atoms with E-state index in [0.717, 1.165) is 81.6 Å². The van der Waals surface area contributed by atoms with E-state index >= 15 is 0 Å². The number of benzene rings is 2. The van der Waals surface area contributed by atoms with Gasteiger partial charge in [0.25, 0.3) is 0 Å². The maximum atomic E-state index is 6.49. The van der Waals surface area contributed by atoms with Crippen LogP contribution in [0.3, 0.4) is 0 Å². The molecule has 6 rings (SSSR count). The van der Waals surface area contributed by atoms with E-state index in [9.17, 15) is 0 Å². The number of aromatic nitrogens is 5. The highest BCUT2D eigenvalue weighted by Crippen LogP contribution is 2.39. The van der Waals surface area contributed by atoms with Crippen LogP contribution in [0.1, 0.15) is 78.3 Å². The zero-order chi connectivity index (χ0) is 35.7. The van der Waals surface area contributed by atoms with Crippen molar-refractivity contribution in [1.29, 1.82) is 0 Å². The number of hydrogen-bond acceptors (Lipinski definition) is 7. The minimum Gasteiger partial charge on any atom is -0.496 e. The Bertz CT molecular complexity index is 1930. The molecule has 2 radical (unpaired) electrons. The van der Waals surface area contributed by atoms with Crippen LogP contribution in [0.4, 0.5) is 11.8 Å². The van der Waals surface area contributed by atoms with Gasteiger partial charge in [-0.2, -0.15) is 5.10 Å². The van der Waals surface area contributed by atoms with Crippen LogP contribution < -0.4 is 10.1 Å². The van der Waals surface area contributed by atoms with Gasteiger partial charge in [-0.1, -0.05) is 71.8 Å². The van der Waals surface area contributed by atoms with Crippen LogP contribution in [0.25, 0.3) is 33.1 Å². The monoisotopic (exact) mass is 710 g/mol. The van der Waals surface area contributed by atoms with Gasteiger partial charge in [0.2, 0.25) is 15.7 Å². The number of ether oxygens (including phenoxy) is 2. The Balaban J connectivity index is 1.42. The zero-order valence-electron chi connectivity index (χ0n) is 31.4. The summed E-state index contributed by atoms with van der Waals surface area (Å²) in [7, 11) is 0.864. The summed E-state index contributed by atoms with van der Waals surface area (Å²) in [5, 5.41) is 9.97. The highest BCUT2D eigenvalue weighted by molar-refractivity contribution is 6.76. The molecule has 1 saturated carbocycles. The molecule has 9 nitrogen and oxygen atoms in total. The van der Waals surface area contributed by atoms with Crippen LogP contribution in [-0.4, -0.2) is 55.9 Å². The molecule has 0 spiro atoms. The molecule has 5 aromatic rings. The summed E-state index contributed by atoms with van der Waals surface area (Å²) in [5.41, 5.74) is 5.72. The first-order chi connectivity index (χ1) is 23.7. The molecule has 1 aliphatic carbocycles. The van der Waals surface area contributed by atoms with Crippen molar-refractivity contribution >= 4 is 51.5 Å². The number of anilines is 2. The summed E-state index contributed by atoms with van der Waals surface area (Å²) in [6.07, 6.45) is 9.59. The Morgan fingerprint density at radius 3 is 2.44 bits per heavy atom. The Hall–Kier alpha value is -3.52. The zero-order valence-corrected chi connectivity index (χ0v) is 33.4. The Morgan fingerprint density at radius 1 is 0.960 bits per heavy atom. The Morgan fingerprint density at radius 2 is 1.72 bits per heavy atom. The molecule has 1 aliphatic rings. The molecule has 0 unspecified atom stereocenters. The largest absolute Gasteiger partial charge is 0.496 e. The van der Waals surface area contributed by atoms with Crippen LogP contribution in [0.2, 0.25) is 30.7 Å². The number of fused-ring (bicyclic) bond motifs is 2. The quantitative estimate of drug-likeness (QED) is 0.0961. The number of methoxy groups -OCH3 is 1. The van der Waals surface area contributed by atoms with Gasteiger partial charge in [-0.05, 0) is 79.2 Å². The third-order valence-corrected chi connectivity index (χ3v) is 12.4. The van der Waals surface area contributed by atoms with Crippen LogP contribution >= 0.6 is 0 Å². The number of nitrogens with one attached hydrogen (secondary N) is 1. The van der Waals surface area contributed by atoms with Gasteiger partial charge < -0.3 is 23.8 Å². The lowest BCUT2D eigenvalue weighted by molar-refractivity contribution is 0.0819. The first kappa shape index (κ1) is 36.3. The van der Waals surface area contributed by atoms with E-state index in [1.54, 1.807) is 13.3 Å². The maximum Gasteiger partial charge on any atom is 0.236 e. The first-order valence-electron chi connectivity index (χ1n) is 18.0. The molecular formula is C39H54N6O3Si2. The number of nitrogens with zero attached hydrogens (tertiary/aromatic N) is 5. The molecule has 266 valence electrons. The predicted octanol–water partition coefficient (Wildman–Crippen LogP) is 10.1. The molecule has 0 amide bonds. The molecule has 3 aromatic heterocycles. The van der Waals surface area contributed by atoms with Crippen molar-refractivity contribution in [3.05, 3.63) is 60.4 Å². The van der Waals surface area contributed by atoms with Gasteiger partial charge >= 0.3 is 0 Å². The van der Waals surface area contributed by atoms with E-state index in [1.807, 2.05) is 16.9 Å². The molecule has 1 fully saturated rings. The van der Waals surface area contributed by atoms with E-state index in [-0.39, 0.29) is 5.04 Å². The predicted molar refractivity (Wildman–Crippen MR) is 208 cm³/mol. The van der Waals surface area contributed by atoms with E-state index < -0.39 is 13.7 Å². The van der Waals surface area contributed by atoms with Crippen molar-refractivity contribution in [2.45, 2.75) is 116 Å². The average Bonchev–Trinajstić information content (AvgIpc) is 3.62. The van der Waals surface area contributed by atoms with E-state index in [0.29, 0.717) is 22.5 Å². The molecule has 0 bridgehead atoms. The second kappa shape index (κ2) is 14.6. The molecule has 2 aromatic carbocycles. The van der Waals surface area contributed by atoms with Gasteiger partial charge in [0.15, 0.2) is 5.82 Å². The molecule has 0 saturated heterocycles. The smallest absolute Gasteiger partial charge is 0.236 e. The number of hydrogen-bond donors (Lipinski definition) is 1. The fourth-order valence-electron chi connectivity index (χ4n) is 6.56. The standard InChI is InChI=1S/C39H54N6O3Si2/c1-38(2,3)49-48-39(4,5)28-16-18-34-32(24-28)41-37(45(34)29-13-11-10-12-14-29)42-36-30-23-27(31-25-40-20-19-35(31)46-6)15-17-33(30)44(43-36)26-47-21-22-50(7,8)9/h15-20,23-25,29H,10-14,21-22,26H2,1-9H3,(H,41,42,43). The van der Waals surface area contributed by atoms with Crippen molar-refractivity contribution in [3.63, 3.8) is 0 Å². The summed E-state index contributed by atoms with van der Waals surface area (Å²) < 4.78 is 22.8. The van der Waals surface area contributed by atoms with Crippen molar-refractivity contribution < 1.29 is 13.9 Å². The minimum atomic E-state index is -1.22. The number of imidazole rings is 1. The van der Waals surface area contributed by atoms with Crippen molar-refractivity contribution in [2.24, 2.45) is 0 Å². The number of rotatable bonds is 13. The van der Waals surface area contributed by atoms with Gasteiger partial charge in [0.1, 0.15) is 12.5 Å². The van der Waals surface area contributed by atoms with Crippen LogP contribution in [-0.2, 0) is 21.5 Å². The van der Waals surface area contributed by atoms with Gasteiger partial charge in [0.05, 0.1) is 29.3 Å². The lowest BCUT2D eigenvalue weighted by Gasteiger charge is -2.30. The van der Waals surface area contributed by atoms with Crippen molar-refractivity contribution in [1.82, 2.24) is 24.3 Å². The van der Waals surface area contributed by atoms with Crippen molar-refractivity contribution in [2.75, 3.05) is 19.0 Å². The van der Waals surface area contributed by atoms with Gasteiger partial charge in [-0.15, -0.1) is 0 Å². The van der Waals surface area contributed by atoms with Crippen LogP contribution in [0, 0.1) is 0 Å². The Labute approximate surface area is 301 Å². The fraction of sp³-hybridized carbons (Fsp3) is 0.513. The van der Waals surface area contributed by atoms with E-state index in [1.165, 1.54) is 19.3 Å². The van der Waals surface area contributed by atoms with Crippen LogP contribution in [0.15, 0.2) is 54.9 Å². The SMILES string of the molecule is COc1ccncc1-c1ccc2c(c1)c(Nc1nc3cc(C(C)(C)O[Si]C(C)(C)C)ccc3n1C1CCCCC1)nn2COCC[Si](C)(C)C. The van der Waals surface area contributed by atoms with Gasteiger partial charge in [-0.25, -0.2) is 9.67 Å². The van der Waals surface area contributed by atoms with Gasteiger partial charge in [0, 0.05) is 44.1 Å². The molecular weight excluding hydrogens is 657 g/mol. The molecule has 1 N–H and O–H groups in total. The highest BCUT2D eigenvalue weighted by atomic mass is 28.3. The first-order valence-corrected chi connectivity index (χ1v) is 22.7. The second-order valence-corrected chi connectivity index (χ2v) is 23.9. The third kappa shape index (κ3) is 8.33. The highest BCUT2D eigenvalue weighted by Gasteiger charge is 2.28. The summed E-state index contributed by atoms with van der Waals surface area (Å²) >= 11 is 0. The lowest BCUT2D eigenvalue weighted by Crippen LogP contribution is -2.27. The van der Waals surface area contributed by atoms with Crippen LogP contribution in [0.5, 0.6) is 5.75 Å². The topological polar surface area (TPSA) is 88.3 Å². The minimum absolute atomic E-state index is 0.106. The molecule has 11 heteroatoms. The third-order valence-electron chi connectivity index (χ3n) is 9.44. The Kier molecular flexibility index (Phi) is 10.6. The normalized spacial score (nSPS) is 14.9. The average molecular weight is 711 g/mol. The number of pyridine rings is 1. The summed E-state index contributed by atoms with van der Waals surface area (Å²) in [6.45, 7) is 19.2. The molecule has 50 heavy (non-hydrogen) atoms. The maximum absolute atomic E-state index is 6.49. The molecule has 3 heterocycles. The van der Waals surface area contributed by atoms with E-state index in [4.69, 9.17) is 24.0 Å². The summed E-state index contributed by atoms with van der Waals surface area (Å²) in [4.78, 5) is 9.68. The second-order valence-electron chi connectivity index (χ2n) is 16.4. The lowest BCUT2D eigenvalue weighted by atomic mass is 9.95. The summed E-state index contributed by atoms with van der Waals surface area (Å²) in [6, 6.07) is 16.4. The fourth-order valence-corrected chi connectivity index (χ4v) is 8.00. The molecule has 0 aliphatic heterocycles. The summed E-state index contributed by atoms with van der Waals surface area (Å²) in [5.74, 6) is 2.34. The van der Waals surface area contributed by atoms with Gasteiger partial charge in [-0.3, -0.25) is 4.98 Å².